The van der Waals surface area contributed by atoms with Crippen molar-refractivity contribution in [2.75, 3.05) is 13.2 Å². The predicted octanol–water partition coefficient (Wildman–Crippen LogP) is 2.83. The van der Waals surface area contributed by atoms with Crippen LogP contribution in [0.1, 0.15) is 36.9 Å². The highest BCUT2D eigenvalue weighted by atomic mass is 19.1. The third kappa shape index (κ3) is 2.17. The number of ether oxygens (including phenoxy) is 1. The molecule has 1 heterocycles. The second-order valence-electron chi connectivity index (χ2n) is 5.48. The number of hydrogen-bond donors (Lipinski definition) is 1. The molecule has 1 N–H and O–H groups in total. The first kappa shape index (κ1) is 12.1. The van der Waals surface area contributed by atoms with Crippen LogP contribution in [0.2, 0.25) is 0 Å². The van der Waals surface area contributed by atoms with Crippen molar-refractivity contribution < 1.29 is 9.13 Å². The molecule has 3 rings (SSSR count). The molecule has 18 heavy (non-hydrogen) atoms. The fourth-order valence-electron chi connectivity index (χ4n) is 3.18. The number of rotatable bonds is 3. The van der Waals surface area contributed by atoms with Crippen LogP contribution in [-0.2, 0) is 11.2 Å². The molecule has 3 unspecified atom stereocenters. The van der Waals surface area contributed by atoms with E-state index in [1.54, 1.807) is 6.07 Å². The lowest BCUT2D eigenvalue weighted by atomic mass is 9.98. The molecule has 0 saturated carbocycles. The average Bonchev–Trinajstić information content (AvgIpc) is 2.99. The molecule has 1 fully saturated rings. The molecule has 3 heteroatoms. The van der Waals surface area contributed by atoms with E-state index in [1.807, 2.05) is 6.07 Å². The standard InChI is InChI=1S/C15H20FNO/c1-10(11-7-8-18-9-11)17-15-6-5-12-13(15)3-2-4-14(12)16/h2-4,10-11,15,17H,5-9H2,1H3. The fourth-order valence-corrected chi connectivity index (χ4v) is 3.18. The van der Waals surface area contributed by atoms with Crippen LogP contribution >= 0.6 is 0 Å². The molecule has 0 radical (unpaired) electrons. The van der Waals surface area contributed by atoms with Crippen LogP contribution in [0.5, 0.6) is 0 Å². The Hall–Kier alpha value is -0.930. The quantitative estimate of drug-likeness (QED) is 0.889. The minimum absolute atomic E-state index is 0.0475. The third-order valence-electron chi connectivity index (χ3n) is 4.35. The normalized spacial score (nSPS) is 28.3. The molecule has 1 saturated heterocycles. The molecular weight excluding hydrogens is 229 g/mol. The zero-order chi connectivity index (χ0) is 12.5. The lowest BCUT2D eigenvalue weighted by molar-refractivity contribution is 0.176. The molecule has 0 spiro atoms. The van der Waals surface area contributed by atoms with E-state index in [0.29, 0.717) is 18.0 Å². The van der Waals surface area contributed by atoms with Gasteiger partial charge in [-0.05, 0) is 49.3 Å². The van der Waals surface area contributed by atoms with Crippen LogP contribution in [0.4, 0.5) is 4.39 Å². The van der Waals surface area contributed by atoms with E-state index in [-0.39, 0.29) is 5.82 Å². The maximum atomic E-state index is 13.7. The van der Waals surface area contributed by atoms with Gasteiger partial charge in [-0.2, -0.15) is 0 Å². The summed E-state index contributed by atoms with van der Waals surface area (Å²) in [5.74, 6) is 0.552. The van der Waals surface area contributed by atoms with Crippen molar-refractivity contribution in [3.63, 3.8) is 0 Å². The number of fused-ring (bicyclic) bond motifs is 1. The number of benzene rings is 1. The molecule has 0 aromatic heterocycles. The van der Waals surface area contributed by atoms with E-state index in [9.17, 15) is 4.39 Å². The van der Waals surface area contributed by atoms with Crippen LogP contribution in [0.15, 0.2) is 18.2 Å². The Kier molecular flexibility index (Phi) is 3.35. The molecule has 3 atom stereocenters. The zero-order valence-corrected chi connectivity index (χ0v) is 10.8. The maximum absolute atomic E-state index is 13.7. The topological polar surface area (TPSA) is 21.3 Å². The monoisotopic (exact) mass is 249 g/mol. The Balaban J connectivity index is 1.70. The fraction of sp³-hybridized carbons (Fsp3) is 0.600. The lowest BCUT2D eigenvalue weighted by Gasteiger charge is -2.24. The Labute approximate surface area is 108 Å². The van der Waals surface area contributed by atoms with Crippen LogP contribution in [-0.4, -0.2) is 19.3 Å². The van der Waals surface area contributed by atoms with Gasteiger partial charge in [0.05, 0.1) is 6.61 Å². The largest absolute Gasteiger partial charge is 0.381 e. The highest BCUT2D eigenvalue weighted by Crippen LogP contribution is 2.33. The van der Waals surface area contributed by atoms with Crippen molar-refractivity contribution >= 4 is 0 Å². The Morgan fingerprint density at radius 2 is 2.28 bits per heavy atom. The van der Waals surface area contributed by atoms with Crippen molar-refractivity contribution in [1.29, 1.82) is 0 Å². The molecule has 98 valence electrons. The predicted molar refractivity (Wildman–Crippen MR) is 69.0 cm³/mol. The van der Waals surface area contributed by atoms with Gasteiger partial charge in [-0.1, -0.05) is 12.1 Å². The number of nitrogens with one attached hydrogen (secondary N) is 1. The van der Waals surface area contributed by atoms with E-state index in [4.69, 9.17) is 4.74 Å². The summed E-state index contributed by atoms with van der Waals surface area (Å²) in [6, 6.07) is 6.19. The third-order valence-corrected chi connectivity index (χ3v) is 4.35. The number of hydrogen-bond acceptors (Lipinski definition) is 2. The van der Waals surface area contributed by atoms with Gasteiger partial charge in [0.25, 0.3) is 0 Å². The van der Waals surface area contributed by atoms with Crippen LogP contribution in [0.3, 0.4) is 0 Å². The van der Waals surface area contributed by atoms with Gasteiger partial charge in [0, 0.05) is 18.7 Å². The van der Waals surface area contributed by atoms with Crippen LogP contribution in [0.25, 0.3) is 0 Å². The van der Waals surface area contributed by atoms with Crippen molar-refractivity contribution in [3.8, 4) is 0 Å². The molecule has 2 nitrogen and oxygen atoms in total. The number of halogens is 1. The molecule has 0 amide bonds. The second-order valence-corrected chi connectivity index (χ2v) is 5.48. The van der Waals surface area contributed by atoms with Crippen LogP contribution < -0.4 is 5.32 Å². The summed E-state index contributed by atoms with van der Waals surface area (Å²) in [6.07, 6.45) is 3.00. The summed E-state index contributed by atoms with van der Waals surface area (Å²) in [5, 5.41) is 3.66. The first-order chi connectivity index (χ1) is 8.75. The Morgan fingerprint density at radius 3 is 3.06 bits per heavy atom. The van der Waals surface area contributed by atoms with Gasteiger partial charge in [-0.15, -0.1) is 0 Å². The summed E-state index contributed by atoms with van der Waals surface area (Å²) in [7, 11) is 0. The highest BCUT2D eigenvalue weighted by molar-refractivity contribution is 5.35. The first-order valence-corrected chi connectivity index (χ1v) is 6.87. The van der Waals surface area contributed by atoms with E-state index in [2.05, 4.69) is 18.3 Å². The van der Waals surface area contributed by atoms with Crippen molar-refractivity contribution in [1.82, 2.24) is 5.32 Å². The SMILES string of the molecule is CC(NC1CCc2c(F)cccc21)C1CCOC1. The minimum Gasteiger partial charge on any atom is -0.381 e. The summed E-state index contributed by atoms with van der Waals surface area (Å²) in [5.41, 5.74) is 2.06. The molecule has 2 aliphatic rings. The van der Waals surface area contributed by atoms with Crippen molar-refractivity contribution in [2.45, 2.75) is 38.3 Å². The van der Waals surface area contributed by atoms with Gasteiger partial charge >= 0.3 is 0 Å². The van der Waals surface area contributed by atoms with Gasteiger partial charge in [0.1, 0.15) is 5.82 Å². The van der Waals surface area contributed by atoms with Crippen molar-refractivity contribution in [2.24, 2.45) is 5.92 Å². The van der Waals surface area contributed by atoms with E-state index < -0.39 is 0 Å². The lowest BCUT2D eigenvalue weighted by Crippen LogP contribution is -2.36. The Bertz CT molecular complexity index is 429. The van der Waals surface area contributed by atoms with Crippen LogP contribution in [0, 0.1) is 11.7 Å². The van der Waals surface area contributed by atoms with Gasteiger partial charge in [0.15, 0.2) is 0 Å². The Morgan fingerprint density at radius 1 is 1.39 bits per heavy atom. The second kappa shape index (κ2) is 4.98. The van der Waals surface area contributed by atoms with Crippen molar-refractivity contribution in [3.05, 3.63) is 35.1 Å². The van der Waals surface area contributed by atoms with Gasteiger partial charge in [-0.3, -0.25) is 0 Å². The first-order valence-electron chi connectivity index (χ1n) is 6.87. The minimum atomic E-state index is -0.0475. The highest BCUT2D eigenvalue weighted by Gasteiger charge is 2.29. The smallest absolute Gasteiger partial charge is 0.126 e. The zero-order valence-electron chi connectivity index (χ0n) is 10.8. The molecule has 1 aliphatic heterocycles. The molecule has 1 aromatic carbocycles. The molecule has 1 aromatic rings. The molecular formula is C15H20FNO. The molecule has 0 bridgehead atoms. The molecule has 1 aliphatic carbocycles. The van der Waals surface area contributed by atoms with E-state index >= 15 is 0 Å². The van der Waals surface area contributed by atoms with E-state index in [1.165, 1.54) is 0 Å². The summed E-state index contributed by atoms with van der Waals surface area (Å²) in [4.78, 5) is 0. The average molecular weight is 249 g/mol. The van der Waals surface area contributed by atoms with Gasteiger partial charge in [-0.25, -0.2) is 4.39 Å². The summed E-state index contributed by atoms with van der Waals surface area (Å²) >= 11 is 0. The summed E-state index contributed by atoms with van der Waals surface area (Å²) < 4.78 is 19.1. The van der Waals surface area contributed by atoms with Gasteiger partial charge in [0.2, 0.25) is 0 Å². The van der Waals surface area contributed by atoms with Gasteiger partial charge < -0.3 is 10.1 Å². The van der Waals surface area contributed by atoms with E-state index in [0.717, 1.165) is 43.6 Å². The maximum Gasteiger partial charge on any atom is 0.126 e. The summed E-state index contributed by atoms with van der Waals surface area (Å²) in [6.45, 7) is 3.96.